The number of halogens is 3. The number of carbonyl (C=O) groups is 1. The van der Waals surface area contributed by atoms with E-state index in [-0.39, 0.29) is 24.1 Å². The highest BCUT2D eigenvalue weighted by Gasteiger charge is 2.43. The van der Waals surface area contributed by atoms with Crippen molar-refractivity contribution in [3.63, 3.8) is 0 Å². The van der Waals surface area contributed by atoms with Gasteiger partial charge in [-0.1, -0.05) is 6.92 Å². The Hall–Kier alpha value is -2.66. The van der Waals surface area contributed by atoms with Crippen molar-refractivity contribution in [2.75, 3.05) is 12.3 Å². The summed E-state index contributed by atoms with van der Waals surface area (Å²) in [5.41, 5.74) is -3.15. The minimum atomic E-state index is -4.92. The molecule has 0 saturated heterocycles. The number of nitrogens with one attached hydrogen (secondary N) is 1. The molecule has 1 unspecified atom stereocenters. The molecule has 1 aromatic heterocycles. The third kappa shape index (κ3) is 6.72. The molecule has 1 atom stereocenters. The number of carbonyl (C=O) groups excluding carboxylic acids is 1. The van der Waals surface area contributed by atoms with Crippen molar-refractivity contribution in [3.8, 4) is 12.1 Å². The average Bonchev–Trinajstić information content (AvgIpc) is 3.63. The SMILES string of the molecule is CCC(C#N)CC1(CNC(=O)c2ccc(C#N)nc2C(F)(F)F)CCC(S(=O)(=O)CC2CC2)CC1. The maximum Gasteiger partial charge on any atom is 0.434 e. The van der Waals surface area contributed by atoms with Gasteiger partial charge in [-0.25, -0.2) is 13.4 Å². The molecule has 11 heteroatoms. The van der Waals surface area contributed by atoms with Gasteiger partial charge in [-0.3, -0.25) is 4.79 Å². The predicted molar refractivity (Wildman–Crippen MR) is 121 cm³/mol. The van der Waals surface area contributed by atoms with Gasteiger partial charge in [0.15, 0.2) is 15.5 Å². The third-order valence-corrected chi connectivity index (χ3v) is 9.59. The molecule has 0 spiro atoms. The molecule has 1 aromatic rings. The van der Waals surface area contributed by atoms with Crippen LogP contribution in [0.2, 0.25) is 0 Å². The number of pyridine rings is 1. The molecule has 0 aliphatic heterocycles. The highest BCUT2D eigenvalue weighted by Crippen LogP contribution is 2.44. The summed E-state index contributed by atoms with van der Waals surface area (Å²) in [6.07, 6.45) is -0.327. The third-order valence-electron chi connectivity index (χ3n) is 7.17. The molecular formula is C24H29F3N4O3S. The largest absolute Gasteiger partial charge is 0.434 e. The van der Waals surface area contributed by atoms with Crippen LogP contribution >= 0.6 is 0 Å². The number of nitriles is 2. The van der Waals surface area contributed by atoms with Crippen molar-refractivity contribution in [3.05, 3.63) is 29.1 Å². The molecule has 190 valence electrons. The lowest BCUT2D eigenvalue weighted by atomic mass is 9.68. The number of amides is 1. The Bertz CT molecular complexity index is 1130. The van der Waals surface area contributed by atoms with Crippen molar-refractivity contribution in [2.45, 2.75) is 69.7 Å². The maximum absolute atomic E-state index is 13.5. The zero-order valence-electron chi connectivity index (χ0n) is 19.6. The fraction of sp³-hybridized carbons (Fsp3) is 0.667. The van der Waals surface area contributed by atoms with Gasteiger partial charge in [-0.05, 0) is 74.8 Å². The van der Waals surface area contributed by atoms with Gasteiger partial charge in [0.2, 0.25) is 0 Å². The van der Waals surface area contributed by atoms with Gasteiger partial charge in [-0.2, -0.15) is 23.7 Å². The number of sulfone groups is 1. The molecule has 2 aliphatic rings. The second-order valence-corrected chi connectivity index (χ2v) is 12.1. The Balaban J connectivity index is 1.77. The van der Waals surface area contributed by atoms with Crippen LogP contribution < -0.4 is 5.32 Å². The smallest absolute Gasteiger partial charge is 0.351 e. The molecule has 2 fully saturated rings. The van der Waals surface area contributed by atoms with Crippen molar-refractivity contribution >= 4 is 15.7 Å². The van der Waals surface area contributed by atoms with Crippen LogP contribution in [0.4, 0.5) is 13.2 Å². The summed E-state index contributed by atoms with van der Waals surface area (Å²) < 4.78 is 65.9. The number of alkyl halides is 3. The van der Waals surface area contributed by atoms with Crippen LogP contribution in [0.25, 0.3) is 0 Å². The Labute approximate surface area is 203 Å². The van der Waals surface area contributed by atoms with Crippen molar-refractivity contribution in [1.29, 1.82) is 10.5 Å². The van der Waals surface area contributed by atoms with E-state index in [0.717, 1.165) is 25.0 Å². The fourth-order valence-electron chi connectivity index (χ4n) is 4.85. The molecule has 0 aromatic carbocycles. The first-order valence-corrected chi connectivity index (χ1v) is 13.5. The molecule has 7 nitrogen and oxygen atoms in total. The highest BCUT2D eigenvalue weighted by molar-refractivity contribution is 7.92. The molecule has 2 saturated carbocycles. The van der Waals surface area contributed by atoms with Gasteiger partial charge in [0.05, 0.1) is 22.6 Å². The Kier molecular flexibility index (Phi) is 8.10. The lowest BCUT2D eigenvalue weighted by Gasteiger charge is -2.41. The molecular weight excluding hydrogens is 481 g/mol. The van der Waals surface area contributed by atoms with Crippen molar-refractivity contribution < 1.29 is 26.4 Å². The van der Waals surface area contributed by atoms with E-state index in [4.69, 9.17) is 5.26 Å². The average molecular weight is 511 g/mol. The predicted octanol–water partition coefficient (Wildman–Crippen LogP) is 4.40. The fourth-order valence-corrected chi connectivity index (χ4v) is 7.07. The van der Waals surface area contributed by atoms with Crippen LogP contribution in [-0.2, 0) is 16.0 Å². The summed E-state index contributed by atoms with van der Waals surface area (Å²) in [7, 11) is -3.22. The van der Waals surface area contributed by atoms with Gasteiger partial charge < -0.3 is 5.32 Å². The van der Waals surface area contributed by atoms with Gasteiger partial charge in [-0.15, -0.1) is 0 Å². The van der Waals surface area contributed by atoms with Crippen LogP contribution in [0.1, 0.15) is 80.0 Å². The summed E-state index contributed by atoms with van der Waals surface area (Å²) in [5.74, 6) is -0.836. The highest BCUT2D eigenvalue weighted by atomic mass is 32.2. The maximum atomic E-state index is 13.5. The molecule has 0 bridgehead atoms. The summed E-state index contributed by atoms with van der Waals surface area (Å²) >= 11 is 0. The topological polar surface area (TPSA) is 124 Å². The van der Waals surface area contributed by atoms with E-state index in [2.05, 4.69) is 16.4 Å². The van der Waals surface area contributed by atoms with E-state index in [1.54, 1.807) is 0 Å². The summed E-state index contributed by atoms with van der Waals surface area (Å²) in [6.45, 7) is 1.89. The Morgan fingerprint density at radius 1 is 1.23 bits per heavy atom. The lowest BCUT2D eigenvalue weighted by molar-refractivity contribution is -0.141. The first kappa shape index (κ1) is 26.9. The van der Waals surface area contributed by atoms with Crippen LogP contribution in [0, 0.1) is 39.9 Å². The second kappa shape index (κ2) is 10.5. The molecule has 1 amide bonds. The van der Waals surface area contributed by atoms with E-state index in [1.807, 2.05) is 6.92 Å². The van der Waals surface area contributed by atoms with Crippen molar-refractivity contribution in [1.82, 2.24) is 10.3 Å². The normalized spacial score (nSPS) is 23.7. The number of hydrogen-bond donors (Lipinski definition) is 1. The second-order valence-electron chi connectivity index (χ2n) is 9.80. The van der Waals surface area contributed by atoms with E-state index in [9.17, 15) is 31.6 Å². The van der Waals surface area contributed by atoms with E-state index in [1.165, 1.54) is 6.07 Å². The van der Waals surface area contributed by atoms with E-state index >= 15 is 0 Å². The van der Waals surface area contributed by atoms with Crippen molar-refractivity contribution in [2.24, 2.45) is 17.3 Å². The molecule has 2 aliphatic carbocycles. The van der Waals surface area contributed by atoms with Crippen LogP contribution in [0.5, 0.6) is 0 Å². The quantitative estimate of drug-likeness (QED) is 0.525. The summed E-state index contributed by atoms with van der Waals surface area (Å²) in [5, 5.41) is 20.5. The zero-order valence-corrected chi connectivity index (χ0v) is 20.4. The van der Waals surface area contributed by atoms with Crippen LogP contribution in [0.3, 0.4) is 0 Å². The summed E-state index contributed by atoms with van der Waals surface area (Å²) in [6, 6.07) is 5.77. The zero-order chi connectivity index (χ0) is 25.9. The van der Waals surface area contributed by atoms with Gasteiger partial charge >= 0.3 is 6.18 Å². The van der Waals surface area contributed by atoms with E-state index < -0.39 is 49.5 Å². The molecule has 0 radical (unpaired) electrons. The minimum Gasteiger partial charge on any atom is -0.351 e. The molecule has 35 heavy (non-hydrogen) atoms. The molecule has 3 rings (SSSR count). The Morgan fingerprint density at radius 3 is 2.40 bits per heavy atom. The summed E-state index contributed by atoms with van der Waals surface area (Å²) in [4.78, 5) is 16.1. The molecule has 1 heterocycles. The van der Waals surface area contributed by atoms with Crippen LogP contribution in [0.15, 0.2) is 12.1 Å². The Morgan fingerprint density at radius 2 is 1.89 bits per heavy atom. The molecule has 1 N–H and O–H groups in total. The number of nitrogens with zero attached hydrogens (tertiary/aromatic N) is 3. The lowest BCUT2D eigenvalue weighted by Crippen LogP contribution is -2.44. The first-order valence-electron chi connectivity index (χ1n) is 11.8. The van der Waals surface area contributed by atoms with Gasteiger partial charge in [0.25, 0.3) is 5.91 Å². The minimum absolute atomic E-state index is 0.0245. The first-order chi connectivity index (χ1) is 16.4. The number of aromatic nitrogens is 1. The van der Waals surface area contributed by atoms with E-state index in [0.29, 0.717) is 38.5 Å². The van der Waals surface area contributed by atoms with Crippen LogP contribution in [-0.4, -0.2) is 36.9 Å². The number of hydrogen-bond acceptors (Lipinski definition) is 6. The monoisotopic (exact) mass is 510 g/mol. The van der Waals surface area contributed by atoms with Gasteiger partial charge in [0.1, 0.15) is 11.8 Å². The standard InChI is InChI=1S/C24H29F3N4O3S/c1-2-16(12-28)11-23(9-7-19(8-10-23)35(33,34)14-17-3-4-17)15-30-22(32)20-6-5-18(13-29)31-21(20)24(25,26)27/h5-6,16-17,19H,2-4,7-11,14-15H2,1H3,(H,30,32). The van der Waals surface area contributed by atoms with Gasteiger partial charge in [0, 0.05) is 12.5 Å². The number of rotatable bonds is 9.